The second kappa shape index (κ2) is 5.34. The lowest BCUT2D eigenvalue weighted by molar-refractivity contribution is -0.384. The third-order valence-corrected chi connectivity index (χ3v) is 2.48. The smallest absolute Gasteiger partial charge is 0.296 e. The number of nitro groups is 1. The molecule has 0 radical (unpaired) electrons. The van der Waals surface area contributed by atoms with Crippen LogP contribution >= 0.6 is 0 Å². The van der Waals surface area contributed by atoms with E-state index in [1.54, 1.807) is 12.1 Å². The van der Waals surface area contributed by atoms with Crippen LogP contribution in [0.4, 0.5) is 11.4 Å². The van der Waals surface area contributed by atoms with Crippen LogP contribution in [-0.2, 0) is 0 Å². The highest BCUT2D eigenvalue weighted by molar-refractivity contribution is 5.65. The standard InChI is InChI=1S/C11H16N2O3/c1-4-12(5-2)10-7-6-9(16-3)8-11(10)13(14)15/h6-8H,4-5H2,1-3H3. The Hall–Kier alpha value is -1.78. The summed E-state index contributed by atoms with van der Waals surface area (Å²) < 4.78 is 4.98. The molecule has 5 nitrogen and oxygen atoms in total. The highest BCUT2D eigenvalue weighted by Crippen LogP contribution is 2.31. The normalized spacial score (nSPS) is 9.94. The summed E-state index contributed by atoms with van der Waals surface area (Å²) in [7, 11) is 1.50. The van der Waals surface area contributed by atoms with Gasteiger partial charge in [-0.15, -0.1) is 0 Å². The quantitative estimate of drug-likeness (QED) is 0.569. The molecule has 0 unspecified atom stereocenters. The first-order valence-corrected chi connectivity index (χ1v) is 5.21. The fraction of sp³-hybridized carbons (Fsp3) is 0.455. The van der Waals surface area contributed by atoms with Crippen LogP contribution in [0.15, 0.2) is 18.2 Å². The second-order valence-electron chi connectivity index (χ2n) is 3.28. The molecule has 0 N–H and O–H groups in total. The molecule has 5 heteroatoms. The van der Waals surface area contributed by atoms with Crippen LogP contribution in [-0.4, -0.2) is 25.1 Å². The van der Waals surface area contributed by atoms with Crippen molar-refractivity contribution in [2.75, 3.05) is 25.1 Å². The molecular weight excluding hydrogens is 208 g/mol. The van der Waals surface area contributed by atoms with Crippen molar-refractivity contribution in [3.8, 4) is 5.75 Å². The van der Waals surface area contributed by atoms with Gasteiger partial charge in [-0.25, -0.2) is 0 Å². The van der Waals surface area contributed by atoms with Crippen LogP contribution < -0.4 is 9.64 Å². The molecule has 0 atom stereocenters. The zero-order valence-corrected chi connectivity index (χ0v) is 9.77. The first-order chi connectivity index (χ1) is 7.63. The minimum absolute atomic E-state index is 0.0862. The van der Waals surface area contributed by atoms with Crippen molar-refractivity contribution in [3.05, 3.63) is 28.3 Å². The molecule has 1 aromatic rings. The largest absolute Gasteiger partial charge is 0.496 e. The maximum Gasteiger partial charge on any atom is 0.296 e. The Labute approximate surface area is 94.8 Å². The van der Waals surface area contributed by atoms with Crippen molar-refractivity contribution >= 4 is 11.4 Å². The number of nitrogens with zero attached hydrogens (tertiary/aromatic N) is 2. The van der Waals surface area contributed by atoms with Gasteiger partial charge in [0.2, 0.25) is 0 Å². The molecule has 0 fully saturated rings. The Morgan fingerprint density at radius 1 is 1.38 bits per heavy atom. The second-order valence-corrected chi connectivity index (χ2v) is 3.28. The van der Waals surface area contributed by atoms with Crippen LogP contribution in [0.1, 0.15) is 13.8 Å². The van der Waals surface area contributed by atoms with Gasteiger partial charge in [-0.05, 0) is 26.0 Å². The van der Waals surface area contributed by atoms with Crippen LogP contribution in [0.25, 0.3) is 0 Å². The van der Waals surface area contributed by atoms with Crippen molar-refractivity contribution < 1.29 is 9.66 Å². The fourth-order valence-electron chi connectivity index (χ4n) is 1.61. The topological polar surface area (TPSA) is 55.6 Å². The molecule has 88 valence electrons. The number of anilines is 1. The van der Waals surface area contributed by atoms with E-state index in [4.69, 9.17) is 4.74 Å². The lowest BCUT2D eigenvalue weighted by atomic mass is 10.2. The summed E-state index contributed by atoms with van der Waals surface area (Å²) in [5.74, 6) is 0.502. The fourth-order valence-corrected chi connectivity index (χ4v) is 1.61. The molecule has 1 aromatic carbocycles. The Kier molecular flexibility index (Phi) is 4.10. The van der Waals surface area contributed by atoms with Crippen LogP contribution in [0, 0.1) is 10.1 Å². The summed E-state index contributed by atoms with van der Waals surface area (Å²) in [5, 5.41) is 10.9. The molecule has 0 bridgehead atoms. The predicted molar refractivity (Wildman–Crippen MR) is 63.2 cm³/mol. The highest BCUT2D eigenvalue weighted by Gasteiger charge is 2.18. The summed E-state index contributed by atoms with van der Waals surface area (Å²) in [6.45, 7) is 5.42. The van der Waals surface area contributed by atoms with E-state index in [0.717, 1.165) is 13.1 Å². The molecule has 0 saturated heterocycles. The van der Waals surface area contributed by atoms with E-state index in [0.29, 0.717) is 11.4 Å². The average Bonchev–Trinajstić information content (AvgIpc) is 2.30. The zero-order chi connectivity index (χ0) is 12.1. The van der Waals surface area contributed by atoms with Gasteiger partial charge in [0.25, 0.3) is 5.69 Å². The van der Waals surface area contributed by atoms with Gasteiger partial charge in [0, 0.05) is 13.1 Å². The van der Waals surface area contributed by atoms with Crippen molar-refractivity contribution in [2.45, 2.75) is 13.8 Å². The molecule has 0 aliphatic heterocycles. The van der Waals surface area contributed by atoms with E-state index in [1.165, 1.54) is 13.2 Å². The van der Waals surface area contributed by atoms with Gasteiger partial charge in [-0.3, -0.25) is 10.1 Å². The van der Waals surface area contributed by atoms with Crippen LogP contribution in [0.3, 0.4) is 0 Å². The number of hydrogen-bond acceptors (Lipinski definition) is 4. The maximum absolute atomic E-state index is 10.9. The molecule has 0 aliphatic rings. The number of hydrogen-bond donors (Lipinski definition) is 0. The van der Waals surface area contributed by atoms with Crippen molar-refractivity contribution in [2.24, 2.45) is 0 Å². The van der Waals surface area contributed by atoms with Crippen molar-refractivity contribution in [1.82, 2.24) is 0 Å². The zero-order valence-electron chi connectivity index (χ0n) is 9.77. The lowest BCUT2D eigenvalue weighted by Gasteiger charge is -2.20. The molecular formula is C11H16N2O3. The van der Waals surface area contributed by atoms with Gasteiger partial charge >= 0.3 is 0 Å². The first kappa shape index (κ1) is 12.3. The Balaban J connectivity index is 3.21. The molecule has 0 spiro atoms. The maximum atomic E-state index is 10.9. The van der Waals surface area contributed by atoms with Crippen LogP contribution in [0.2, 0.25) is 0 Å². The monoisotopic (exact) mass is 224 g/mol. The number of rotatable bonds is 5. The summed E-state index contributed by atoms with van der Waals surface area (Å²) in [6.07, 6.45) is 0. The van der Waals surface area contributed by atoms with Gasteiger partial charge in [-0.2, -0.15) is 0 Å². The third-order valence-electron chi connectivity index (χ3n) is 2.48. The molecule has 0 aromatic heterocycles. The third kappa shape index (κ3) is 2.42. The molecule has 0 amide bonds. The van der Waals surface area contributed by atoms with Gasteiger partial charge in [0.1, 0.15) is 11.4 Å². The molecule has 0 aliphatic carbocycles. The van der Waals surface area contributed by atoms with E-state index in [2.05, 4.69) is 0 Å². The number of nitro benzene ring substituents is 1. The van der Waals surface area contributed by atoms with Crippen molar-refractivity contribution in [3.63, 3.8) is 0 Å². The first-order valence-electron chi connectivity index (χ1n) is 5.21. The predicted octanol–water partition coefficient (Wildman–Crippen LogP) is 2.45. The van der Waals surface area contributed by atoms with Gasteiger partial charge < -0.3 is 9.64 Å². The lowest BCUT2D eigenvalue weighted by Crippen LogP contribution is -2.22. The van der Waals surface area contributed by atoms with Crippen LogP contribution in [0.5, 0.6) is 5.75 Å². The number of benzene rings is 1. The summed E-state index contributed by atoms with van der Waals surface area (Å²) in [4.78, 5) is 12.5. The van der Waals surface area contributed by atoms with Crippen molar-refractivity contribution in [1.29, 1.82) is 0 Å². The van der Waals surface area contributed by atoms with E-state index in [9.17, 15) is 10.1 Å². The Bertz CT molecular complexity index is 375. The van der Waals surface area contributed by atoms with Gasteiger partial charge in [-0.1, -0.05) is 0 Å². The summed E-state index contributed by atoms with van der Waals surface area (Å²) in [6, 6.07) is 4.91. The highest BCUT2D eigenvalue weighted by atomic mass is 16.6. The van der Waals surface area contributed by atoms with Gasteiger partial charge in [0.15, 0.2) is 0 Å². The SMILES string of the molecule is CCN(CC)c1ccc(OC)cc1[N+](=O)[O-]. The number of ether oxygens (including phenoxy) is 1. The Morgan fingerprint density at radius 3 is 2.44 bits per heavy atom. The van der Waals surface area contributed by atoms with E-state index < -0.39 is 0 Å². The summed E-state index contributed by atoms with van der Waals surface area (Å²) >= 11 is 0. The molecule has 1 rings (SSSR count). The van der Waals surface area contributed by atoms with Gasteiger partial charge in [0.05, 0.1) is 18.1 Å². The average molecular weight is 224 g/mol. The number of methoxy groups -OCH3 is 1. The van der Waals surface area contributed by atoms with E-state index >= 15 is 0 Å². The van der Waals surface area contributed by atoms with E-state index in [-0.39, 0.29) is 10.6 Å². The minimum Gasteiger partial charge on any atom is -0.496 e. The molecule has 0 saturated carbocycles. The minimum atomic E-state index is -0.379. The molecule has 0 heterocycles. The summed E-state index contributed by atoms with van der Waals surface area (Å²) in [5.41, 5.74) is 0.721. The Morgan fingerprint density at radius 2 is 2.00 bits per heavy atom. The van der Waals surface area contributed by atoms with E-state index in [1.807, 2.05) is 18.7 Å². The molecule has 16 heavy (non-hydrogen) atoms.